The Morgan fingerprint density at radius 1 is 1.00 bits per heavy atom. The Kier molecular flexibility index (Phi) is 10.3. The number of rotatable bonds is 13. The van der Waals surface area contributed by atoms with Crippen LogP contribution in [0, 0.1) is 5.82 Å². The average Bonchev–Trinajstić information content (AvgIpc) is 2.73. The van der Waals surface area contributed by atoms with Gasteiger partial charge in [0, 0.05) is 5.56 Å². The molecule has 2 rings (SSSR count). The zero-order valence-corrected chi connectivity index (χ0v) is 16.9. The summed E-state index contributed by atoms with van der Waals surface area (Å²) in [5, 5.41) is 3.96. The van der Waals surface area contributed by atoms with E-state index in [1.165, 1.54) is 56.4 Å². The summed E-state index contributed by atoms with van der Waals surface area (Å²) in [6, 6.07) is 13.0. The van der Waals surface area contributed by atoms with Crippen LogP contribution >= 0.6 is 0 Å². The van der Waals surface area contributed by atoms with Crippen LogP contribution in [0.1, 0.15) is 51.0 Å². The maximum absolute atomic E-state index is 12.8. The summed E-state index contributed by atoms with van der Waals surface area (Å²) in [6.45, 7) is 2.66. The SMILES string of the molecule is CCCCCCCCOc1ccccc1/C=N/NC(=O)COc1ccc(F)cc1. The van der Waals surface area contributed by atoms with Crippen molar-refractivity contribution in [1.29, 1.82) is 0 Å². The largest absolute Gasteiger partial charge is 0.493 e. The van der Waals surface area contributed by atoms with Gasteiger partial charge in [0.25, 0.3) is 5.91 Å². The Morgan fingerprint density at radius 2 is 1.72 bits per heavy atom. The van der Waals surface area contributed by atoms with E-state index >= 15 is 0 Å². The van der Waals surface area contributed by atoms with Crippen LogP contribution in [0.2, 0.25) is 0 Å². The zero-order chi connectivity index (χ0) is 20.7. The number of amides is 1. The Hall–Kier alpha value is -2.89. The van der Waals surface area contributed by atoms with Crippen molar-refractivity contribution in [3.8, 4) is 11.5 Å². The van der Waals surface area contributed by atoms with Gasteiger partial charge >= 0.3 is 0 Å². The number of hydrogen-bond acceptors (Lipinski definition) is 4. The third kappa shape index (κ3) is 9.23. The molecule has 0 saturated heterocycles. The minimum absolute atomic E-state index is 0.209. The third-order valence-electron chi connectivity index (χ3n) is 4.25. The van der Waals surface area contributed by atoms with Crippen LogP contribution in [0.5, 0.6) is 11.5 Å². The first-order valence-corrected chi connectivity index (χ1v) is 10.1. The van der Waals surface area contributed by atoms with Gasteiger partial charge in [-0.15, -0.1) is 0 Å². The molecule has 156 valence electrons. The second-order valence-electron chi connectivity index (χ2n) is 6.69. The standard InChI is InChI=1S/C23H29FN2O3/c1-2-3-4-5-6-9-16-28-22-11-8-7-10-19(22)17-25-26-23(27)18-29-21-14-12-20(24)13-15-21/h7-8,10-15,17H,2-6,9,16,18H2,1H3,(H,26,27)/b25-17+. The number of benzene rings is 2. The average molecular weight is 400 g/mol. The van der Waals surface area contributed by atoms with E-state index in [4.69, 9.17) is 9.47 Å². The number of hydrazone groups is 1. The van der Waals surface area contributed by atoms with E-state index < -0.39 is 5.91 Å². The molecule has 6 heteroatoms. The first-order chi connectivity index (χ1) is 14.2. The number of ether oxygens (including phenoxy) is 2. The molecule has 0 bridgehead atoms. The van der Waals surface area contributed by atoms with Gasteiger partial charge in [0.15, 0.2) is 6.61 Å². The van der Waals surface area contributed by atoms with E-state index in [-0.39, 0.29) is 12.4 Å². The second kappa shape index (κ2) is 13.3. The monoisotopic (exact) mass is 400 g/mol. The summed E-state index contributed by atoms with van der Waals surface area (Å²) in [4.78, 5) is 11.8. The molecule has 0 heterocycles. The van der Waals surface area contributed by atoms with E-state index in [9.17, 15) is 9.18 Å². The molecule has 2 aromatic rings. The van der Waals surface area contributed by atoms with Crippen molar-refractivity contribution in [1.82, 2.24) is 5.43 Å². The van der Waals surface area contributed by atoms with Crippen LogP contribution in [0.25, 0.3) is 0 Å². The number of halogens is 1. The fraction of sp³-hybridized carbons (Fsp3) is 0.391. The normalized spacial score (nSPS) is 10.8. The maximum Gasteiger partial charge on any atom is 0.277 e. The van der Waals surface area contributed by atoms with Crippen molar-refractivity contribution in [2.75, 3.05) is 13.2 Å². The molecule has 2 aromatic carbocycles. The molecule has 0 saturated carbocycles. The smallest absolute Gasteiger partial charge is 0.277 e. The van der Waals surface area contributed by atoms with Crippen LogP contribution in [0.3, 0.4) is 0 Å². The van der Waals surface area contributed by atoms with Crippen molar-refractivity contribution in [2.24, 2.45) is 5.10 Å². The molecular weight excluding hydrogens is 371 g/mol. The molecule has 0 aromatic heterocycles. The van der Waals surface area contributed by atoms with E-state index in [1.807, 2.05) is 24.3 Å². The van der Waals surface area contributed by atoms with Gasteiger partial charge in [0.2, 0.25) is 0 Å². The Bertz CT molecular complexity index is 763. The number of nitrogens with one attached hydrogen (secondary N) is 1. The lowest BCUT2D eigenvalue weighted by Crippen LogP contribution is -2.24. The Balaban J connectivity index is 1.72. The quantitative estimate of drug-likeness (QED) is 0.289. The van der Waals surface area contributed by atoms with Crippen LogP contribution < -0.4 is 14.9 Å². The topological polar surface area (TPSA) is 59.9 Å². The summed E-state index contributed by atoms with van der Waals surface area (Å²) < 4.78 is 24.0. The van der Waals surface area contributed by atoms with Gasteiger partial charge in [-0.1, -0.05) is 51.2 Å². The molecule has 0 aliphatic carbocycles. The third-order valence-corrected chi connectivity index (χ3v) is 4.25. The lowest BCUT2D eigenvalue weighted by molar-refractivity contribution is -0.123. The molecule has 0 unspecified atom stereocenters. The summed E-state index contributed by atoms with van der Waals surface area (Å²) in [6.07, 6.45) is 8.80. The van der Waals surface area contributed by atoms with Crippen molar-refractivity contribution in [2.45, 2.75) is 45.4 Å². The molecule has 1 amide bonds. The van der Waals surface area contributed by atoms with Gasteiger partial charge in [-0.05, 0) is 42.8 Å². The Labute approximate surface area is 171 Å². The number of carbonyl (C=O) groups excluding carboxylic acids is 1. The van der Waals surface area contributed by atoms with Gasteiger partial charge in [-0.25, -0.2) is 9.82 Å². The molecule has 0 aliphatic heterocycles. The van der Waals surface area contributed by atoms with Crippen LogP contribution in [-0.2, 0) is 4.79 Å². The van der Waals surface area contributed by atoms with Crippen molar-refractivity contribution < 1.29 is 18.7 Å². The first kappa shape index (κ1) is 22.4. The van der Waals surface area contributed by atoms with Gasteiger partial charge in [0.1, 0.15) is 17.3 Å². The highest BCUT2D eigenvalue weighted by Crippen LogP contribution is 2.16. The molecule has 29 heavy (non-hydrogen) atoms. The van der Waals surface area contributed by atoms with E-state index in [0.717, 1.165) is 17.7 Å². The number of unbranched alkanes of at least 4 members (excludes halogenated alkanes) is 5. The lowest BCUT2D eigenvalue weighted by Gasteiger charge is -2.09. The molecule has 0 radical (unpaired) electrons. The summed E-state index contributed by atoms with van der Waals surface area (Å²) in [5.41, 5.74) is 3.20. The van der Waals surface area contributed by atoms with Gasteiger partial charge in [-0.2, -0.15) is 5.10 Å². The molecule has 1 N–H and O–H groups in total. The highest BCUT2D eigenvalue weighted by molar-refractivity contribution is 5.85. The predicted molar refractivity (Wildman–Crippen MR) is 113 cm³/mol. The fourth-order valence-corrected chi connectivity index (χ4v) is 2.67. The van der Waals surface area contributed by atoms with Crippen molar-refractivity contribution in [3.63, 3.8) is 0 Å². The Morgan fingerprint density at radius 3 is 2.52 bits per heavy atom. The fourth-order valence-electron chi connectivity index (χ4n) is 2.67. The van der Waals surface area contributed by atoms with Crippen LogP contribution in [0.4, 0.5) is 4.39 Å². The van der Waals surface area contributed by atoms with Gasteiger partial charge < -0.3 is 9.47 Å². The number of nitrogens with zero attached hydrogens (tertiary/aromatic N) is 1. The van der Waals surface area contributed by atoms with E-state index in [0.29, 0.717) is 12.4 Å². The van der Waals surface area contributed by atoms with E-state index in [1.54, 1.807) is 6.21 Å². The minimum atomic E-state index is -0.406. The van der Waals surface area contributed by atoms with Gasteiger partial charge in [0.05, 0.1) is 12.8 Å². The summed E-state index contributed by atoms with van der Waals surface area (Å²) >= 11 is 0. The minimum Gasteiger partial charge on any atom is -0.493 e. The van der Waals surface area contributed by atoms with E-state index in [2.05, 4.69) is 17.5 Å². The maximum atomic E-state index is 12.8. The summed E-state index contributed by atoms with van der Waals surface area (Å²) in [5.74, 6) is 0.389. The number of hydrogen-bond donors (Lipinski definition) is 1. The zero-order valence-electron chi connectivity index (χ0n) is 16.9. The van der Waals surface area contributed by atoms with Crippen molar-refractivity contribution >= 4 is 12.1 Å². The predicted octanol–water partition coefficient (Wildman–Crippen LogP) is 5.09. The van der Waals surface area contributed by atoms with Gasteiger partial charge in [-0.3, -0.25) is 4.79 Å². The molecule has 0 spiro atoms. The van der Waals surface area contributed by atoms with Crippen molar-refractivity contribution in [3.05, 3.63) is 59.9 Å². The molecule has 0 fully saturated rings. The lowest BCUT2D eigenvalue weighted by atomic mass is 10.1. The summed E-state index contributed by atoms with van der Waals surface area (Å²) in [7, 11) is 0. The molecule has 0 aliphatic rings. The molecular formula is C23H29FN2O3. The first-order valence-electron chi connectivity index (χ1n) is 10.1. The molecule has 5 nitrogen and oxygen atoms in total. The second-order valence-corrected chi connectivity index (χ2v) is 6.69. The number of carbonyl (C=O) groups is 1. The van der Waals surface area contributed by atoms with Crippen LogP contribution in [-0.4, -0.2) is 25.3 Å². The highest BCUT2D eigenvalue weighted by atomic mass is 19.1. The highest BCUT2D eigenvalue weighted by Gasteiger charge is 2.03. The van der Waals surface area contributed by atoms with Crippen LogP contribution in [0.15, 0.2) is 53.6 Å². The number of para-hydroxylation sites is 1. The molecule has 0 atom stereocenters.